The fraction of sp³-hybridized carbons (Fsp3) is 0.412. The largest absolute Gasteiger partial charge is 0.454 e. The number of ether oxygens (including phenoxy) is 1. The van der Waals surface area contributed by atoms with E-state index in [0.717, 1.165) is 11.1 Å². The number of esters is 1. The van der Waals surface area contributed by atoms with E-state index in [2.05, 4.69) is 10.4 Å². The van der Waals surface area contributed by atoms with Crippen LogP contribution in [0.3, 0.4) is 0 Å². The van der Waals surface area contributed by atoms with Gasteiger partial charge in [-0.05, 0) is 24.5 Å². The lowest BCUT2D eigenvalue weighted by Crippen LogP contribution is -2.31. The van der Waals surface area contributed by atoms with Crippen LogP contribution in [-0.4, -0.2) is 34.8 Å². The van der Waals surface area contributed by atoms with E-state index >= 15 is 0 Å². The molecule has 8 nitrogen and oxygen atoms in total. The van der Waals surface area contributed by atoms with Crippen LogP contribution in [0.2, 0.25) is 0 Å². The van der Waals surface area contributed by atoms with Crippen LogP contribution in [0.1, 0.15) is 20.3 Å². The Balaban J connectivity index is 1.84. The van der Waals surface area contributed by atoms with Crippen LogP contribution in [0.25, 0.3) is 11.5 Å². The third-order valence-corrected chi connectivity index (χ3v) is 3.31. The molecule has 8 heteroatoms. The smallest absolute Gasteiger partial charge is 0.437 e. The van der Waals surface area contributed by atoms with Gasteiger partial charge in [-0.2, -0.15) is 4.68 Å². The van der Waals surface area contributed by atoms with Crippen LogP contribution in [0.4, 0.5) is 0 Å². The number of nitrogens with zero attached hydrogens (tertiary/aromatic N) is 2. The Hall–Kier alpha value is -2.90. The topological polar surface area (TPSA) is 103 Å². The van der Waals surface area contributed by atoms with Crippen LogP contribution in [0.5, 0.6) is 0 Å². The van der Waals surface area contributed by atoms with E-state index in [1.54, 1.807) is 24.3 Å². The summed E-state index contributed by atoms with van der Waals surface area (Å²) >= 11 is 0. The summed E-state index contributed by atoms with van der Waals surface area (Å²) in [6, 6.07) is 8.84. The van der Waals surface area contributed by atoms with Gasteiger partial charge in [0.05, 0.1) is 0 Å². The molecule has 0 aliphatic carbocycles. The van der Waals surface area contributed by atoms with Crippen LogP contribution in [-0.2, 0) is 20.9 Å². The van der Waals surface area contributed by atoms with Gasteiger partial charge in [-0.1, -0.05) is 32.0 Å². The second kappa shape index (κ2) is 8.81. The second-order valence-electron chi connectivity index (χ2n) is 5.89. The fourth-order valence-corrected chi connectivity index (χ4v) is 1.97. The highest BCUT2D eigenvalue weighted by Gasteiger charge is 2.14. The first kappa shape index (κ1) is 18.4. The van der Waals surface area contributed by atoms with Gasteiger partial charge in [0.2, 0.25) is 5.89 Å². The van der Waals surface area contributed by atoms with Crippen LogP contribution in [0.15, 0.2) is 39.5 Å². The second-order valence-corrected chi connectivity index (χ2v) is 5.89. The predicted octanol–water partition coefficient (Wildman–Crippen LogP) is 1.21. The molecule has 1 heterocycles. The normalized spacial score (nSPS) is 10.7. The van der Waals surface area contributed by atoms with E-state index in [1.165, 1.54) is 0 Å². The highest BCUT2D eigenvalue weighted by atomic mass is 16.5. The molecule has 25 heavy (non-hydrogen) atoms. The lowest BCUT2D eigenvalue weighted by atomic mass is 10.1. The van der Waals surface area contributed by atoms with Gasteiger partial charge in [0.25, 0.3) is 5.91 Å². The predicted molar refractivity (Wildman–Crippen MR) is 89.6 cm³/mol. The maximum absolute atomic E-state index is 11.8. The summed E-state index contributed by atoms with van der Waals surface area (Å²) in [5.74, 6) is -1.30. The summed E-state index contributed by atoms with van der Waals surface area (Å²) in [6.07, 6.45) is 0.844. The van der Waals surface area contributed by atoms with Gasteiger partial charge in [-0.15, -0.1) is 5.10 Å². The first-order chi connectivity index (χ1) is 12.0. The molecule has 1 N–H and O–H groups in total. The molecule has 0 saturated carbocycles. The van der Waals surface area contributed by atoms with Gasteiger partial charge in [-0.25, -0.2) is 4.79 Å². The van der Waals surface area contributed by atoms with Crippen LogP contribution in [0, 0.1) is 5.92 Å². The lowest BCUT2D eigenvalue weighted by Gasteiger charge is -2.07. The zero-order valence-electron chi connectivity index (χ0n) is 14.2. The van der Waals surface area contributed by atoms with Gasteiger partial charge in [0, 0.05) is 12.1 Å². The van der Waals surface area contributed by atoms with E-state index in [9.17, 15) is 14.4 Å². The van der Waals surface area contributed by atoms with Crippen LogP contribution >= 0.6 is 0 Å². The Bertz CT molecular complexity index is 764. The van der Waals surface area contributed by atoms with E-state index in [4.69, 9.17) is 9.15 Å². The molecule has 0 saturated heterocycles. The van der Waals surface area contributed by atoms with Gasteiger partial charge in [-0.3, -0.25) is 9.59 Å². The molecule has 0 aliphatic heterocycles. The molecule has 0 spiro atoms. The number of hydrogen-bond donors (Lipinski definition) is 1. The Kier molecular flexibility index (Phi) is 6.50. The molecule has 1 aromatic carbocycles. The monoisotopic (exact) mass is 347 g/mol. The molecule has 2 rings (SSSR count). The molecule has 0 unspecified atom stereocenters. The SMILES string of the molecule is CC(C)CCNC(=O)COC(=O)Cn1nc(-c2ccccc2)oc1=O. The van der Waals surface area contributed by atoms with Gasteiger partial charge in [0.1, 0.15) is 6.54 Å². The van der Waals surface area contributed by atoms with E-state index in [1.807, 2.05) is 19.9 Å². The number of nitrogens with one attached hydrogen (secondary N) is 1. The maximum atomic E-state index is 11.8. The van der Waals surface area contributed by atoms with Crippen molar-refractivity contribution in [1.29, 1.82) is 0 Å². The van der Waals surface area contributed by atoms with Crippen molar-refractivity contribution in [3.63, 3.8) is 0 Å². The number of carbonyl (C=O) groups excluding carboxylic acids is 2. The first-order valence-corrected chi connectivity index (χ1v) is 8.01. The summed E-state index contributed by atoms with van der Waals surface area (Å²) in [6.45, 7) is 3.80. The molecule has 1 aromatic heterocycles. The molecule has 0 aliphatic rings. The molecular weight excluding hydrogens is 326 g/mol. The van der Waals surface area contributed by atoms with Crippen molar-refractivity contribution >= 4 is 11.9 Å². The van der Waals surface area contributed by atoms with E-state index < -0.39 is 24.9 Å². The van der Waals surface area contributed by atoms with Gasteiger partial charge >= 0.3 is 11.7 Å². The van der Waals surface area contributed by atoms with Crippen molar-refractivity contribution < 1.29 is 18.7 Å². The van der Waals surface area contributed by atoms with Crippen molar-refractivity contribution in [2.75, 3.05) is 13.2 Å². The highest BCUT2D eigenvalue weighted by molar-refractivity contribution is 5.80. The molecule has 0 atom stereocenters. The Morgan fingerprint density at radius 1 is 1.28 bits per heavy atom. The van der Waals surface area contributed by atoms with Crippen molar-refractivity contribution in [2.45, 2.75) is 26.8 Å². The first-order valence-electron chi connectivity index (χ1n) is 8.01. The molecule has 0 radical (unpaired) electrons. The number of benzene rings is 1. The molecule has 0 bridgehead atoms. The summed E-state index contributed by atoms with van der Waals surface area (Å²) < 4.78 is 10.7. The quantitative estimate of drug-likeness (QED) is 0.720. The molecule has 0 fully saturated rings. The van der Waals surface area contributed by atoms with Crippen molar-refractivity contribution in [3.8, 4) is 11.5 Å². The Morgan fingerprint density at radius 2 is 2.00 bits per heavy atom. The number of hydrogen-bond acceptors (Lipinski definition) is 6. The molecule has 134 valence electrons. The third-order valence-electron chi connectivity index (χ3n) is 3.31. The maximum Gasteiger partial charge on any atom is 0.437 e. The third kappa shape index (κ3) is 5.91. The minimum Gasteiger partial charge on any atom is -0.454 e. The molecular formula is C17H21N3O5. The average molecular weight is 347 g/mol. The summed E-state index contributed by atoms with van der Waals surface area (Å²) in [5.41, 5.74) is 0.622. The Labute approximate surface area is 144 Å². The van der Waals surface area contributed by atoms with Crippen molar-refractivity contribution in [2.24, 2.45) is 5.92 Å². The minimum atomic E-state index is -0.766. The molecule has 1 amide bonds. The number of rotatable bonds is 8. The zero-order chi connectivity index (χ0) is 18.2. The van der Waals surface area contributed by atoms with E-state index in [0.29, 0.717) is 18.0 Å². The lowest BCUT2D eigenvalue weighted by molar-refractivity contribution is -0.149. The molecule has 2 aromatic rings. The fourth-order valence-electron chi connectivity index (χ4n) is 1.97. The van der Waals surface area contributed by atoms with Gasteiger partial charge in [0.15, 0.2) is 6.61 Å². The van der Waals surface area contributed by atoms with Crippen molar-refractivity contribution in [1.82, 2.24) is 15.1 Å². The van der Waals surface area contributed by atoms with Crippen LogP contribution < -0.4 is 11.1 Å². The standard InChI is InChI=1S/C17H21N3O5/c1-12(2)8-9-18-14(21)11-24-15(22)10-20-17(23)25-16(19-20)13-6-4-3-5-7-13/h3-7,12H,8-11H2,1-2H3,(H,18,21). The number of amides is 1. The van der Waals surface area contributed by atoms with Crippen molar-refractivity contribution in [3.05, 3.63) is 40.9 Å². The van der Waals surface area contributed by atoms with Gasteiger partial charge < -0.3 is 14.5 Å². The summed E-state index contributed by atoms with van der Waals surface area (Å²) in [7, 11) is 0. The summed E-state index contributed by atoms with van der Waals surface area (Å²) in [4.78, 5) is 35.0. The minimum absolute atomic E-state index is 0.116. The highest BCUT2D eigenvalue weighted by Crippen LogP contribution is 2.13. The summed E-state index contributed by atoms with van der Waals surface area (Å²) in [5, 5.41) is 6.60. The number of carbonyl (C=O) groups is 2. The Morgan fingerprint density at radius 3 is 2.68 bits per heavy atom. The van der Waals surface area contributed by atoms with E-state index in [-0.39, 0.29) is 11.8 Å². The average Bonchev–Trinajstić information content (AvgIpc) is 2.94. The number of aromatic nitrogens is 2. The zero-order valence-corrected chi connectivity index (χ0v) is 14.2.